The molecule has 1 saturated heterocycles. The maximum Gasteiger partial charge on any atom is 0.145 e. The summed E-state index contributed by atoms with van der Waals surface area (Å²) in [6, 6.07) is 8.57. The molecular weight excluding hydrogens is 274 g/mol. The Balaban J connectivity index is 1.82. The molecule has 0 radical (unpaired) electrons. The number of nitrogens with zero attached hydrogens (tertiary/aromatic N) is 3. The van der Waals surface area contributed by atoms with E-state index in [1.165, 1.54) is 12.8 Å². The SMILES string of the molecule is CCCN(Cc1nc(N)c2ccccc2n1)C1CCNCC1. The fraction of sp³-hybridized carbons (Fsp3) is 0.529. The predicted octanol–water partition coefficient (Wildman–Crippen LogP) is 2.18. The van der Waals surface area contributed by atoms with Crippen LogP contribution >= 0.6 is 0 Å². The molecule has 0 aliphatic carbocycles. The van der Waals surface area contributed by atoms with Crippen LogP contribution in [-0.2, 0) is 6.54 Å². The molecule has 3 N–H and O–H groups in total. The van der Waals surface area contributed by atoms with Gasteiger partial charge < -0.3 is 11.1 Å². The number of nitrogens with two attached hydrogens (primary N) is 1. The number of fused-ring (bicyclic) bond motifs is 1. The third kappa shape index (κ3) is 3.36. The van der Waals surface area contributed by atoms with Crippen molar-refractivity contribution in [3.8, 4) is 0 Å². The summed E-state index contributed by atoms with van der Waals surface area (Å²) in [5, 5.41) is 4.37. The summed E-state index contributed by atoms with van der Waals surface area (Å²) < 4.78 is 0. The lowest BCUT2D eigenvalue weighted by Gasteiger charge is -2.34. The smallest absolute Gasteiger partial charge is 0.145 e. The van der Waals surface area contributed by atoms with Crippen LogP contribution in [0.15, 0.2) is 24.3 Å². The fourth-order valence-electron chi connectivity index (χ4n) is 3.25. The monoisotopic (exact) mass is 299 g/mol. The van der Waals surface area contributed by atoms with E-state index in [-0.39, 0.29) is 0 Å². The molecule has 1 fully saturated rings. The van der Waals surface area contributed by atoms with Crippen molar-refractivity contribution in [3.05, 3.63) is 30.1 Å². The van der Waals surface area contributed by atoms with Crippen LogP contribution < -0.4 is 11.1 Å². The van der Waals surface area contributed by atoms with Crippen molar-refractivity contribution in [2.45, 2.75) is 38.8 Å². The first-order valence-electron chi connectivity index (χ1n) is 8.24. The minimum Gasteiger partial charge on any atom is -0.383 e. The highest BCUT2D eigenvalue weighted by molar-refractivity contribution is 5.87. The van der Waals surface area contributed by atoms with Crippen LogP contribution in [-0.4, -0.2) is 40.5 Å². The van der Waals surface area contributed by atoms with Crippen LogP contribution in [0.5, 0.6) is 0 Å². The van der Waals surface area contributed by atoms with Crippen LogP contribution in [0.4, 0.5) is 5.82 Å². The molecule has 3 rings (SSSR count). The highest BCUT2D eigenvalue weighted by Gasteiger charge is 2.21. The molecule has 0 spiro atoms. The average molecular weight is 299 g/mol. The second-order valence-corrected chi connectivity index (χ2v) is 5.99. The van der Waals surface area contributed by atoms with E-state index >= 15 is 0 Å². The van der Waals surface area contributed by atoms with Gasteiger partial charge in [-0.1, -0.05) is 19.1 Å². The first kappa shape index (κ1) is 15.2. The molecule has 0 atom stereocenters. The maximum atomic E-state index is 6.11. The van der Waals surface area contributed by atoms with Gasteiger partial charge in [-0.15, -0.1) is 0 Å². The lowest BCUT2D eigenvalue weighted by molar-refractivity contribution is 0.151. The van der Waals surface area contributed by atoms with Gasteiger partial charge in [0.1, 0.15) is 11.6 Å². The van der Waals surface area contributed by atoms with Gasteiger partial charge in [-0.05, 0) is 51.0 Å². The molecule has 1 aromatic heterocycles. The van der Waals surface area contributed by atoms with E-state index in [1.807, 2.05) is 24.3 Å². The fourth-order valence-corrected chi connectivity index (χ4v) is 3.25. The first-order chi connectivity index (χ1) is 10.8. The molecule has 1 aliphatic heterocycles. The van der Waals surface area contributed by atoms with E-state index in [0.29, 0.717) is 11.9 Å². The number of benzene rings is 1. The molecule has 0 amide bonds. The van der Waals surface area contributed by atoms with Gasteiger partial charge in [0.15, 0.2) is 0 Å². The Hall–Kier alpha value is -1.72. The normalized spacial score (nSPS) is 16.5. The summed E-state index contributed by atoms with van der Waals surface area (Å²) in [6.45, 7) is 6.30. The van der Waals surface area contributed by atoms with Gasteiger partial charge in [0.2, 0.25) is 0 Å². The Kier molecular flexibility index (Phi) is 4.85. The molecule has 1 aromatic carbocycles. The van der Waals surface area contributed by atoms with E-state index < -0.39 is 0 Å². The highest BCUT2D eigenvalue weighted by atomic mass is 15.2. The Labute approximate surface area is 131 Å². The molecule has 5 nitrogen and oxygen atoms in total. The van der Waals surface area contributed by atoms with Crippen molar-refractivity contribution in [1.82, 2.24) is 20.2 Å². The second-order valence-electron chi connectivity index (χ2n) is 5.99. The van der Waals surface area contributed by atoms with Gasteiger partial charge in [-0.3, -0.25) is 4.90 Å². The Morgan fingerprint density at radius 2 is 2.00 bits per heavy atom. The van der Waals surface area contributed by atoms with E-state index in [9.17, 15) is 0 Å². The van der Waals surface area contributed by atoms with Crippen LogP contribution in [0.25, 0.3) is 10.9 Å². The number of rotatable bonds is 5. The van der Waals surface area contributed by atoms with Gasteiger partial charge in [0.05, 0.1) is 12.1 Å². The molecule has 2 aromatic rings. The standard InChI is InChI=1S/C17H25N5/c1-2-11-22(13-7-9-19-10-8-13)12-16-20-15-6-4-3-5-14(15)17(18)21-16/h3-6,13,19H,2,7-12H2,1H3,(H2,18,20,21). The van der Waals surface area contributed by atoms with Gasteiger partial charge in [-0.2, -0.15) is 0 Å². The minimum absolute atomic E-state index is 0.586. The van der Waals surface area contributed by atoms with Gasteiger partial charge in [-0.25, -0.2) is 9.97 Å². The molecule has 118 valence electrons. The Morgan fingerprint density at radius 3 is 2.77 bits per heavy atom. The number of hydrogen-bond acceptors (Lipinski definition) is 5. The summed E-state index contributed by atoms with van der Waals surface area (Å²) in [6.07, 6.45) is 3.54. The Morgan fingerprint density at radius 1 is 1.23 bits per heavy atom. The molecule has 0 unspecified atom stereocenters. The van der Waals surface area contributed by atoms with Crippen molar-refractivity contribution >= 4 is 16.7 Å². The average Bonchev–Trinajstić information content (AvgIpc) is 2.55. The number of nitrogens with one attached hydrogen (secondary N) is 1. The summed E-state index contributed by atoms with van der Waals surface area (Å²) in [7, 11) is 0. The van der Waals surface area contributed by atoms with E-state index in [1.54, 1.807) is 0 Å². The van der Waals surface area contributed by atoms with Crippen molar-refractivity contribution in [2.75, 3.05) is 25.4 Å². The van der Waals surface area contributed by atoms with Crippen LogP contribution in [0, 0.1) is 0 Å². The Bertz CT molecular complexity index is 621. The third-order valence-electron chi connectivity index (χ3n) is 4.36. The van der Waals surface area contributed by atoms with Crippen molar-refractivity contribution in [2.24, 2.45) is 0 Å². The molecule has 0 saturated carbocycles. The summed E-state index contributed by atoms with van der Waals surface area (Å²) in [5.74, 6) is 1.42. The second kappa shape index (κ2) is 7.03. The first-order valence-corrected chi connectivity index (χ1v) is 8.24. The zero-order valence-corrected chi connectivity index (χ0v) is 13.3. The van der Waals surface area contributed by atoms with Gasteiger partial charge >= 0.3 is 0 Å². The molecule has 0 bridgehead atoms. The topological polar surface area (TPSA) is 67.1 Å². The van der Waals surface area contributed by atoms with E-state index in [2.05, 4.69) is 22.1 Å². The van der Waals surface area contributed by atoms with E-state index in [4.69, 9.17) is 10.7 Å². The summed E-state index contributed by atoms with van der Waals surface area (Å²) >= 11 is 0. The summed E-state index contributed by atoms with van der Waals surface area (Å²) in [4.78, 5) is 11.8. The number of para-hydroxylation sites is 1. The molecular formula is C17H25N5. The number of anilines is 1. The summed E-state index contributed by atoms with van der Waals surface area (Å²) in [5.41, 5.74) is 7.04. The zero-order chi connectivity index (χ0) is 15.4. The van der Waals surface area contributed by atoms with Crippen LogP contribution in [0.3, 0.4) is 0 Å². The zero-order valence-electron chi connectivity index (χ0n) is 13.3. The van der Waals surface area contributed by atoms with Crippen molar-refractivity contribution < 1.29 is 0 Å². The number of nitrogen functional groups attached to an aromatic ring is 1. The molecule has 2 heterocycles. The lowest BCUT2D eigenvalue weighted by atomic mass is 10.0. The highest BCUT2D eigenvalue weighted by Crippen LogP contribution is 2.20. The van der Waals surface area contributed by atoms with Crippen LogP contribution in [0.1, 0.15) is 32.0 Å². The van der Waals surface area contributed by atoms with Crippen molar-refractivity contribution in [1.29, 1.82) is 0 Å². The lowest BCUT2D eigenvalue weighted by Crippen LogP contribution is -2.43. The molecule has 1 aliphatic rings. The minimum atomic E-state index is 0.586. The van der Waals surface area contributed by atoms with Gasteiger partial charge in [0.25, 0.3) is 0 Å². The number of piperidine rings is 1. The molecule has 5 heteroatoms. The quantitative estimate of drug-likeness (QED) is 0.886. The van der Waals surface area contributed by atoms with Crippen LogP contribution in [0.2, 0.25) is 0 Å². The largest absolute Gasteiger partial charge is 0.383 e. The predicted molar refractivity (Wildman–Crippen MR) is 90.5 cm³/mol. The van der Waals surface area contributed by atoms with Gasteiger partial charge in [0, 0.05) is 11.4 Å². The molecule has 22 heavy (non-hydrogen) atoms. The number of hydrogen-bond donors (Lipinski definition) is 2. The number of aromatic nitrogens is 2. The maximum absolute atomic E-state index is 6.11. The third-order valence-corrected chi connectivity index (χ3v) is 4.36. The van der Waals surface area contributed by atoms with E-state index in [0.717, 1.165) is 49.3 Å². The van der Waals surface area contributed by atoms with Crippen molar-refractivity contribution in [3.63, 3.8) is 0 Å².